The summed E-state index contributed by atoms with van der Waals surface area (Å²) in [6, 6.07) is 10.3. The van der Waals surface area contributed by atoms with Crippen LogP contribution in [0.4, 0.5) is 9.18 Å². The number of halogens is 2. The van der Waals surface area contributed by atoms with E-state index in [1.165, 1.54) is 17.0 Å². The van der Waals surface area contributed by atoms with Gasteiger partial charge in [-0.05, 0) is 36.2 Å². The van der Waals surface area contributed by atoms with Gasteiger partial charge in [0.15, 0.2) is 0 Å². The molecule has 0 aliphatic carbocycles. The average Bonchev–Trinajstić information content (AvgIpc) is 3.02. The van der Waals surface area contributed by atoms with Crippen LogP contribution in [0.25, 0.3) is 0 Å². The van der Waals surface area contributed by atoms with Crippen molar-refractivity contribution in [2.75, 3.05) is 32.7 Å². The van der Waals surface area contributed by atoms with Gasteiger partial charge in [0.1, 0.15) is 5.82 Å². The fourth-order valence-corrected chi connectivity index (χ4v) is 3.97. The van der Waals surface area contributed by atoms with Crippen molar-refractivity contribution < 1.29 is 9.18 Å². The molecule has 1 aliphatic rings. The molecule has 134 valence electrons. The van der Waals surface area contributed by atoms with Crippen LogP contribution in [0, 0.1) is 5.82 Å². The maximum atomic E-state index is 12.9. The van der Waals surface area contributed by atoms with Crippen LogP contribution in [0.15, 0.2) is 36.4 Å². The van der Waals surface area contributed by atoms with Crippen molar-refractivity contribution in [1.82, 2.24) is 15.1 Å². The Hall–Kier alpha value is -1.63. The second-order valence-electron chi connectivity index (χ2n) is 6.08. The molecule has 2 aromatic rings. The lowest BCUT2D eigenvalue weighted by Gasteiger charge is -2.34. The molecule has 1 aliphatic heterocycles. The zero-order valence-electron chi connectivity index (χ0n) is 13.9. The quantitative estimate of drug-likeness (QED) is 0.858. The molecular formula is C18H21ClFN3OS. The molecule has 0 atom stereocenters. The van der Waals surface area contributed by atoms with Gasteiger partial charge in [0.05, 0.1) is 4.34 Å². The van der Waals surface area contributed by atoms with E-state index >= 15 is 0 Å². The highest BCUT2D eigenvalue weighted by Gasteiger charge is 2.21. The number of piperazine rings is 1. The molecule has 2 heterocycles. The lowest BCUT2D eigenvalue weighted by atomic mass is 10.1. The van der Waals surface area contributed by atoms with Gasteiger partial charge in [-0.25, -0.2) is 9.18 Å². The molecule has 0 saturated carbocycles. The number of hydrogen-bond acceptors (Lipinski definition) is 3. The Labute approximate surface area is 156 Å². The first kappa shape index (κ1) is 18.2. The number of carbonyl (C=O) groups excluding carboxylic acids is 1. The van der Waals surface area contributed by atoms with E-state index in [0.717, 1.165) is 42.6 Å². The van der Waals surface area contributed by atoms with Gasteiger partial charge in [-0.3, -0.25) is 4.90 Å². The predicted octanol–water partition coefficient (Wildman–Crippen LogP) is 3.61. The normalized spacial score (nSPS) is 15.4. The molecule has 1 aromatic carbocycles. The fraction of sp³-hybridized carbons (Fsp3) is 0.389. The Balaban J connectivity index is 1.37. The van der Waals surface area contributed by atoms with E-state index in [2.05, 4.69) is 16.3 Å². The van der Waals surface area contributed by atoms with E-state index in [1.54, 1.807) is 23.5 Å². The van der Waals surface area contributed by atoms with Gasteiger partial charge in [0, 0.05) is 44.1 Å². The molecule has 2 amide bonds. The van der Waals surface area contributed by atoms with Crippen molar-refractivity contribution in [2.24, 2.45) is 0 Å². The smallest absolute Gasteiger partial charge is 0.317 e. The topological polar surface area (TPSA) is 35.6 Å². The summed E-state index contributed by atoms with van der Waals surface area (Å²) in [6.45, 7) is 4.61. The molecule has 3 rings (SSSR count). The number of carbonyl (C=O) groups is 1. The number of thiophene rings is 1. The Morgan fingerprint density at radius 1 is 1.12 bits per heavy atom. The maximum Gasteiger partial charge on any atom is 0.317 e. The molecular weight excluding hydrogens is 361 g/mol. The van der Waals surface area contributed by atoms with Gasteiger partial charge in [-0.15, -0.1) is 11.3 Å². The molecule has 0 radical (unpaired) electrons. The second-order valence-corrected chi connectivity index (χ2v) is 7.88. The molecule has 0 bridgehead atoms. The zero-order chi connectivity index (χ0) is 17.6. The third kappa shape index (κ3) is 5.42. The number of nitrogens with zero attached hydrogens (tertiary/aromatic N) is 2. The fourth-order valence-electron chi connectivity index (χ4n) is 2.84. The lowest BCUT2D eigenvalue weighted by Crippen LogP contribution is -2.51. The number of amides is 2. The van der Waals surface area contributed by atoms with Gasteiger partial charge in [0.2, 0.25) is 0 Å². The minimum atomic E-state index is -0.240. The largest absolute Gasteiger partial charge is 0.338 e. The first-order valence-corrected chi connectivity index (χ1v) is 9.53. The zero-order valence-corrected chi connectivity index (χ0v) is 15.5. The molecule has 1 N–H and O–H groups in total. The minimum absolute atomic E-state index is 0.0269. The molecule has 0 unspecified atom stereocenters. The minimum Gasteiger partial charge on any atom is -0.338 e. The molecule has 25 heavy (non-hydrogen) atoms. The van der Waals surface area contributed by atoms with Gasteiger partial charge in [0.25, 0.3) is 0 Å². The predicted molar refractivity (Wildman–Crippen MR) is 99.7 cm³/mol. The third-order valence-corrected chi connectivity index (χ3v) is 5.49. The molecule has 4 nitrogen and oxygen atoms in total. The van der Waals surface area contributed by atoms with Crippen LogP contribution >= 0.6 is 22.9 Å². The van der Waals surface area contributed by atoms with Crippen LogP contribution in [0.5, 0.6) is 0 Å². The molecule has 1 fully saturated rings. The first-order valence-electron chi connectivity index (χ1n) is 8.34. The van der Waals surface area contributed by atoms with Crippen LogP contribution in [0.2, 0.25) is 4.34 Å². The highest BCUT2D eigenvalue weighted by Crippen LogP contribution is 2.23. The first-order chi connectivity index (χ1) is 12.1. The number of urea groups is 1. The summed E-state index contributed by atoms with van der Waals surface area (Å²) in [4.78, 5) is 17.7. The van der Waals surface area contributed by atoms with Gasteiger partial charge >= 0.3 is 6.03 Å². The van der Waals surface area contributed by atoms with Gasteiger partial charge in [-0.1, -0.05) is 23.7 Å². The number of nitrogens with one attached hydrogen (secondary N) is 1. The Bertz CT molecular complexity index is 699. The standard InChI is InChI=1S/C18H21ClFN3OS/c19-17-6-5-16(25-17)13-22-9-11-23(12-10-22)18(24)21-8-7-14-1-3-15(20)4-2-14/h1-6H,7-13H2,(H,21,24). The Morgan fingerprint density at radius 3 is 2.48 bits per heavy atom. The monoisotopic (exact) mass is 381 g/mol. The molecule has 1 saturated heterocycles. The Morgan fingerprint density at radius 2 is 1.84 bits per heavy atom. The molecule has 1 aromatic heterocycles. The second kappa shape index (κ2) is 8.65. The van der Waals surface area contributed by atoms with E-state index in [4.69, 9.17) is 11.6 Å². The summed E-state index contributed by atoms with van der Waals surface area (Å²) >= 11 is 7.57. The van der Waals surface area contributed by atoms with Crippen LogP contribution in [0.3, 0.4) is 0 Å². The summed E-state index contributed by atoms with van der Waals surface area (Å²) in [5.41, 5.74) is 1.01. The van der Waals surface area contributed by atoms with Crippen molar-refractivity contribution in [3.8, 4) is 0 Å². The van der Waals surface area contributed by atoms with Gasteiger partial charge in [-0.2, -0.15) is 0 Å². The van der Waals surface area contributed by atoms with E-state index < -0.39 is 0 Å². The van der Waals surface area contributed by atoms with Crippen LogP contribution in [0.1, 0.15) is 10.4 Å². The molecule has 0 spiro atoms. The number of benzene rings is 1. The number of rotatable bonds is 5. The van der Waals surface area contributed by atoms with E-state index in [0.29, 0.717) is 13.0 Å². The molecule has 7 heteroatoms. The average molecular weight is 382 g/mol. The highest BCUT2D eigenvalue weighted by molar-refractivity contribution is 7.16. The van der Waals surface area contributed by atoms with Crippen molar-refractivity contribution in [1.29, 1.82) is 0 Å². The maximum absolute atomic E-state index is 12.9. The van der Waals surface area contributed by atoms with Crippen molar-refractivity contribution in [3.05, 3.63) is 57.0 Å². The van der Waals surface area contributed by atoms with Gasteiger partial charge < -0.3 is 10.2 Å². The summed E-state index contributed by atoms with van der Waals surface area (Å²) in [7, 11) is 0. The Kier molecular flexibility index (Phi) is 6.29. The van der Waals surface area contributed by atoms with Crippen molar-refractivity contribution in [3.63, 3.8) is 0 Å². The summed E-state index contributed by atoms with van der Waals surface area (Å²) in [6.07, 6.45) is 0.700. The van der Waals surface area contributed by atoms with Crippen molar-refractivity contribution >= 4 is 29.0 Å². The number of hydrogen-bond donors (Lipinski definition) is 1. The summed E-state index contributed by atoms with van der Waals surface area (Å²) in [5, 5.41) is 2.94. The SMILES string of the molecule is O=C(NCCc1ccc(F)cc1)N1CCN(Cc2ccc(Cl)s2)CC1. The lowest BCUT2D eigenvalue weighted by molar-refractivity contribution is 0.136. The summed E-state index contributed by atoms with van der Waals surface area (Å²) in [5.74, 6) is -0.240. The van der Waals surface area contributed by atoms with Crippen LogP contribution in [-0.2, 0) is 13.0 Å². The van der Waals surface area contributed by atoms with E-state index in [-0.39, 0.29) is 11.8 Å². The third-order valence-electron chi connectivity index (χ3n) is 4.27. The van der Waals surface area contributed by atoms with E-state index in [9.17, 15) is 9.18 Å². The van der Waals surface area contributed by atoms with Crippen LogP contribution in [-0.4, -0.2) is 48.6 Å². The van der Waals surface area contributed by atoms with E-state index in [1.807, 2.05) is 11.0 Å². The summed E-state index contributed by atoms with van der Waals surface area (Å²) < 4.78 is 13.7. The van der Waals surface area contributed by atoms with Crippen molar-refractivity contribution in [2.45, 2.75) is 13.0 Å². The highest BCUT2D eigenvalue weighted by atomic mass is 35.5. The van der Waals surface area contributed by atoms with Crippen LogP contribution < -0.4 is 5.32 Å².